The van der Waals surface area contributed by atoms with Crippen LogP contribution in [0.25, 0.3) is 0 Å². The first-order chi connectivity index (χ1) is 8.08. The molecular weight excluding hydrogens is 243 g/mol. The SMILES string of the molecule is CC1CCOC1C(=O)Cc1ccc(F)cc1Cl. The van der Waals surface area contributed by atoms with Crippen molar-refractivity contribution in [2.45, 2.75) is 25.9 Å². The minimum absolute atomic E-state index is 0.0171. The van der Waals surface area contributed by atoms with Crippen LogP contribution in [0.3, 0.4) is 0 Å². The summed E-state index contributed by atoms with van der Waals surface area (Å²) in [6, 6.07) is 4.09. The number of carbonyl (C=O) groups excluding carboxylic acids is 1. The topological polar surface area (TPSA) is 26.3 Å². The zero-order chi connectivity index (χ0) is 12.4. The molecule has 0 aromatic heterocycles. The predicted octanol–water partition coefficient (Wildman–Crippen LogP) is 3.02. The lowest BCUT2D eigenvalue weighted by molar-refractivity contribution is -0.128. The molecule has 1 aromatic rings. The smallest absolute Gasteiger partial charge is 0.166 e. The van der Waals surface area contributed by atoms with Crippen LogP contribution >= 0.6 is 11.6 Å². The summed E-state index contributed by atoms with van der Waals surface area (Å²) >= 11 is 5.88. The van der Waals surface area contributed by atoms with Crippen molar-refractivity contribution in [2.24, 2.45) is 5.92 Å². The summed E-state index contributed by atoms with van der Waals surface area (Å²) in [6.07, 6.45) is 0.776. The van der Waals surface area contributed by atoms with Crippen molar-refractivity contribution in [3.8, 4) is 0 Å². The lowest BCUT2D eigenvalue weighted by Gasteiger charge is -2.13. The molecule has 2 atom stereocenters. The van der Waals surface area contributed by atoms with Gasteiger partial charge in [-0.2, -0.15) is 0 Å². The Kier molecular flexibility index (Phi) is 3.79. The largest absolute Gasteiger partial charge is 0.370 e. The van der Waals surface area contributed by atoms with Gasteiger partial charge in [-0.05, 0) is 30.0 Å². The minimum Gasteiger partial charge on any atom is -0.370 e. The minimum atomic E-state index is -0.392. The first kappa shape index (κ1) is 12.5. The maximum atomic E-state index is 12.9. The first-order valence-electron chi connectivity index (χ1n) is 5.66. The standard InChI is InChI=1S/C13H14ClFO2/c1-8-4-5-17-13(8)12(16)6-9-2-3-10(15)7-11(9)14/h2-3,7-8,13H,4-6H2,1H3. The summed E-state index contributed by atoms with van der Waals surface area (Å²) in [5, 5.41) is 0.295. The second kappa shape index (κ2) is 5.15. The molecule has 0 saturated carbocycles. The fourth-order valence-corrected chi connectivity index (χ4v) is 2.29. The number of carbonyl (C=O) groups is 1. The van der Waals surface area contributed by atoms with E-state index in [1.54, 1.807) is 6.07 Å². The molecule has 0 N–H and O–H groups in total. The second-order valence-corrected chi connectivity index (χ2v) is 4.84. The van der Waals surface area contributed by atoms with E-state index in [1.807, 2.05) is 6.92 Å². The lowest BCUT2D eigenvalue weighted by Crippen LogP contribution is -2.26. The first-order valence-corrected chi connectivity index (χ1v) is 6.04. The number of ketones is 1. The van der Waals surface area contributed by atoms with Crippen LogP contribution in [0.5, 0.6) is 0 Å². The Bertz CT molecular complexity index is 433. The van der Waals surface area contributed by atoms with E-state index in [0.29, 0.717) is 17.2 Å². The predicted molar refractivity (Wildman–Crippen MR) is 63.6 cm³/mol. The number of rotatable bonds is 3. The third kappa shape index (κ3) is 2.85. The zero-order valence-electron chi connectivity index (χ0n) is 9.58. The monoisotopic (exact) mass is 256 g/mol. The Morgan fingerprint density at radius 1 is 1.59 bits per heavy atom. The summed E-state index contributed by atoms with van der Waals surface area (Å²) in [7, 11) is 0. The van der Waals surface area contributed by atoms with Crippen molar-refractivity contribution in [1.29, 1.82) is 0 Å². The van der Waals surface area contributed by atoms with E-state index in [2.05, 4.69) is 0 Å². The van der Waals surface area contributed by atoms with Gasteiger partial charge in [-0.25, -0.2) is 4.39 Å². The Balaban J connectivity index is 2.07. The summed E-state index contributed by atoms with van der Waals surface area (Å²) in [5.41, 5.74) is 0.653. The summed E-state index contributed by atoms with van der Waals surface area (Å²) in [5.74, 6) is -0.123. The molecule has 1 heterocycles. The van der Waals surface area contributed by atoms with Crippen molar-refractivity contribution in [3.05, 3.63) is 34.6 Å². The Hall–Kier alpha value is -0.930. The number of benzene rings is 1. The normalized spacial score (nSPS) is 23.9. The summed E-state index contributed by atoms with van der Waals surface area (Å²) in [6.45, 7) is 2.64. The summed E-state index contributed by atoms with van der Waals surface area (Å²) < 4.78 is 18.2. The number of hydrogen-bond donors (Lipinski definition) is 0. The molecule has 1 aliphatic heterocycles. The Morgan fingerprint density at radius 3 is 2.94 bits per heavy atom. The number of hydrogen-bond acceptors (Lipinski definition) is 2. The second-order valence-electron chi connectivity index (χ2n) is 4.44. The molecule has 2 nitrogen and oxygen atoms in total. The number of ether oxygens (including phenoxy) is 1. The van der Waals surface area contributed by atoms with Crippen LogP contribution in [0, 0.1) is 11.7 Å². The summed E-state index contributed by atoms with van der Waals surface area (Å²) in [4.78, 5) is 12.0. The molecule has 4 heteroatoms. The maximum Gasteiger partial charge on any atom is 0.166 e. The number of Topliss-reactive ketones (excluding diaryl/α,β-unsaturated/α-hetero) is 1. The average Bonchev–Trinajstić information content (AvgIpc) is 2.68. The van der Waals surface area contributed by atoms with E-state index in [4.69, 9.17) is 16.3 Å². The van der Waals surface area contributed by atoms with E-state index in [0.717, 1.165) is 6.42 Å². The van der Waals surface area contributed by atoms with Crippen molar-refractivity contribution < 1.29 is 13.9 Å². The van der Waals surface area contributed by atoms with Gasteiger partial charge in [0, 0.05) is 18.1 Å². The van der Waals surface area contributed by atoms with Gasteiger partial charge >= 0.3 is 0 Å². The molecule has 0 aliphatic carbocycles. The Labute approximate surface area is 105 Å². The van der Waals surface area contributed by atoms with Crippen LogP contribution in [-0.2, 0) is 16.0 Å². The molecule has 0 radical (unpaired) electrons. The highest BCUT2D eigenvalue weighted by Gasteiger charge is 2.30. The molecule has 0 spiro atoms. The van der Waals surface area contributed by atoms with E-state index in [9.17, 15) is 9.18 Å². The molecule has 1 aromatic carbocycles. The van der Waals surface area contributed by atoms with Crippen LogP contribution in [0.15, 0.2) is 18.2 Å². The molecule has 0 amide bonds. The van der Waals surface area contributed by atoms with Gasteiger partial charge in [0.25, 0.3) is 0 Å². The van der Waals surface area contributed by atoms with Gasteiger partial charge in [-0.1, -0.05) is 24.6 Å². The van der Waals surface area contributed by atoms with Crippen LogP contribution in [0.4, 0.5) is 4.39 Å². The van der Waals surface area contributed by atoms with E-state index in [1.165, 1.54) is 12.1 Å². The molecule has 92 valence electrons. The zero-order valence-corrected chi connectivity index (χ0v) is 10.3. The van der Waals surface area contributed by atoms with Gasteiger partial charge in [0.2, 0.25) is 0 Å². The molecular formula is C13H14ClFO2. The third-order valence-corrected chi connectivity index (χ3v) is 3.44. The molecule has 1 aliphatic rings. The van der Waals surface area contributed by atoms with Gasteiger partial charge in [0.15, 0.2) is 5.78 Å². The van der Waals surface area contributed by atoms with Crippen molar-refractivity contribution in [2.75, 3.05) is 6.61 Å². The van der Waals surface area contributed by atoms with Gasteiger partial charge in [-0.15, -0.1) is 0 Å². The fourth-order valence-electron chi connectivity index (χ4n) is 2.06. The van der Waals surface area contributed by atoms with Gasteiger partial charge < -0.3 is 4.74 Å². The van der Waals surface area contributed by atoms with Crippen LogP contribution in [0.1, 0.15) is 18.9 Å². The van der Waals surface area contributed by atoms with E-state index >= 15 is 0 Å². The third-order valence-electron chi connectivity index (χ3n) is 3.08. The van der Waals surface area contributed by atoms with Gasteiger partial charge in [0.05, 0.1) is 0 Å². The quantitative estimate of drug-likeness (QED) is 0.831. The molecule has 2 unspecified atom stereocenters. The highest BCUT2D eigenvalue weighted by atomic mass is 35.5. The highest BCUT2D eigenvalue weighted by Crippen LogP contribution is 2.24. The average molecular weight is 257 g/mol. The van der Waals surface area contributed by atoms with E-state index < -0.39 is 5.82 Å². The van der Waals surface area contributed by atoms with Crippen molar-refractivity contribution in [1.82, 2.24) is 0 Å². The fraction of sp³-hybridized carbons (Fsp3) is 0.462. The molecule has 1 fully saturated rings. The van der Waals surface area contributed by atoms with Gasteiger partial charge in [0.1, 0.15) is 11.9 Å². The van der Waals surface area contributed by atoms with E-state index in [-0.39, 0.29) is 24.2 Å². The highest BCUT2D eigenvalue weighted by molar-refractivity contribution is 6.31. The molecule has 2 rings (SSSR count). The van der Waals surface area contributed by atoms with Gasteiger partial charge in [-0.3, -0.25) is 4.79 Å². The van der Waals surface area contributed by atoms with Crippen LogP contribution in [0.2, 0.25) is 5.02 Å². The Morgan fingerprint density at radius 2 is 2.35 bits per heavy atom. The lowest BCUT2D eigenvalue weighted by atomic mass is 9.96. The van der Waals surface area contributed by atoms with Crippen molar-refractivity contribution in [3.63, 3.8) is 0 Å². The molecule has 1 saturated heterocycles. The molecule has 0 bridgehead atoms. The van der Waals surface area contributed by atoms with Crippen LogP contribution < -0.4 is 0 Å². The maximum absolute atomic E-state index is 12.9. The van der Waals surface area contributed by atoms with Crippen LogP contribution in [-0.4, -0.2) is 18.5 Å². The number of halogens is 2. The van der Waals surface area contributed by atoms with Crippen molar-refractivity contribution >= 4 is 17.4 Å². The molecule has 17 heavy (non-hydrogen) atoms.